The molecule has 1 aliphatic rings. The molecule has 1 heterocycles. The molecule has 0 aliphatic carbocycles. The van der Waals surface area contributed by atoms with Crippen molar-refractivity contribution in [1.29, 1.82) is 0 Å². The molecule has 2 aromatic rings. The Balaban J connectivity index is 1.73. The number of hydrogen-bond donors (Lipinski definition) is 2. The van der Waals surface area contributed by atoms with Crippen LogP contribution in [0.4, 0.5) is 5.69 Å². The predicted octanol–water partition coefficient (Wildman–Crippen LogP) is 2.16. The van der Waals surface area contributed by atoms with Crippen LogP contribution in [-0.2, 0) is 21.2 Å². The first-order valence-electron chi connectivity index (χ1n) is 7.98. The monoisotopic (exact) mass is 360 g/mol. The number of ether oxygens (including phenoxy) is 1. The van der Waals surface area contributed by atoms with E-state index in [4.69, 9.17) is 4.74 Å². The Morgan fingerprint density at radius 1 is 1.16 bits per heavy atom. The minimum absolute atomic E-state index is 0.115. The smallest absolute Gasteiger partial charge is 0.262 e. The molecule has 7 heteroatoms. The van der Waals surface area contributed by atoms with E-state index in [-0.39, 0.29) is 17.4 Å². The molecule has 0 atom stereocenters. The fraction of sp³-hybridized carbons (Fsp3) is 0.278. The summed E-state index contributed by atoms with van der Waals surface area (Å²) in [6.45, 7) is 3.89. The molecular weight excluding hydrogens is 340 g/mol. The largest absolute Gasteiger partial charge is 0.482 e. The van der Waals surface area contributed by atoms with Crippen molar-refractivity contribution >= 4 is 21.6 Å². The maximum atomic E-state index is 12.6. The molecule has 3 rings (SSSR count). The third kappa shape index (κ3) is 4.00. The van der Waals surface area contributed by atoms with Crippen LogP contribution in [0.1, 0.15) is 16.7 Å². The number of carbonyl (C=O) groups is 1. The van der Waals surface area contributed by atoms with Gasteiger partial charge in [-0.1, -0.05) is 29.8 Å². The maximum Gasteiger partial charge on any atom is 0.262 e. The fourth-order valence-corrected chi connectivity index (χ4v) is 3.94. The SMILES string of the molecule is Cc1ccc(CCNS(=O)(=O)c2cc3c(cc2C)NC(=O)CO3)cc1. The first kappa shape index (κ1) is 17.4. The molecule has 0 saturated heterocycles. The molecule has 1 aliphatic heterocycles. The molecular formula is C18H20N2O4S. The van der Waals surface area contributed by atoms with Gasteiger partial charge in [0.05, 0.1) is 10.6 Å². The summed E-state index contributed by atoms with van der Waals surface area (Å²) in [5.74, 6) is 0.114. The molecule has 0 saturated carbocycles. The molecule has 2 aromatic carbocycles. The van der Waals surface area contributed by atoms with Crippen molar-refractivity contribution in [3.63, 3.8) is 0 Å². The minimum Gasteiger partial charge on any atom is -0.482 e. The van der Waals surface area contributed by atoms with Crippen molar-refractivity contribution in [3.8, 4) is 5.75 Å². The summed E-state index contributed by atoms with van der Waals surface area (Å²) in [4.78, 5) is 11.5. The molecule has 0 bridgehead atoms. The Morgan fingerprint density at radius 3 is 2.60 bits per heavy atom. The average Bonchev–Trinajstić information content (AvgIpc) is 2.55. The van der Waals surface area contributed by atoms with E-state index >= 15 is 0 Å². The Labute approximate surface area is 147 Å². The lowest BCUT2D eigenvalue weighted by molar-refractivity contribution is -0.118. The molecule has 132 valence electrons. The second-order valence-corrected chi connectivity index (χ2v) is 7.82. The van der Waals surface area contributed by atoms with Crippen LogP contribution in [0.2, 0.25) is 0 Å². The van der Waals surface area contributed by atoms with E-state index in [1.165, 1.54) is 11.6 Å². The van der Waals surface area contributed by atoms with E-state index in [9.17, 15) is 13.2 Å². The Kier molecular flexibility index (Phi) is 4.78. The summed E-state index contributed by atoms with van der Waals surface area (Å²) in [5.41, 5.74) is 3.28. The van der Waals surface area contributed by atoms with Gasteiger partial charge < -0.3 is 10.1 Å². The van der Waals surface area contributed by atoms with Crippen LogP contribution in [0.5, 0.6) is 5.75 Å². The predicted molar refractivity (Wildman–Crippen MR) is 95.4 cm³/mol. The average molecular weight is 360 g/mol. The number of carbonyl (C=O) groups excluding carboxylic acids is 1. The zero-order valence-electron chi connectivity index (χ0n) is 14.1. The van der Waals surface area contributed by atoms with Crippen LogP contribution in [0.3, 0.4) is 0 Å². The summed E-state index contributed by atoms with van der Waals surface area (Å²) in [6.07, 6.45) is 0.607. The van der Waals surface area contributed by atoms with Crippen molar-refractivity contribution in [3.05, 3.63) is 53.1 Å². The molecule has 2 N–H and O–H groups in total. The van der Waals surface area contributed by atoms with Crippen LogP contribution in [-0.4, -0.2) is 27.5 Å². The quantitative estimate of drug-likeness (QED) is 0.856. The highest BCUT2D eigenvalue weighted by Gasteiger charge is 2.23. The third-order valence-electron chi connectivity index (χ3n) is 4.03. The van der Waals surface area contributed by atoms with Crippen LogP contribution in [0, 0.1) is 13.8 Å². The Hall–Kier alpha value is -2.38. The second-order valence-electron chi connectivity index (χ2n) is 6.08. The number of hydrogen-bond acceptors (Lipinski definition) is 4. The van der Waals surface area contributed by atoms with Crippen LogP contribution in [0.15, 0.2) is 41.3 Å². The van der Waals surface area contributed by atoms with Gasteiger partial charge in [-0.25, -0.2) is 13.1 Å². The van der Waals surface area contributed by atoms with Gasteiger partial charge in [-0.2, -0.15) is 0 Å². The molecule has 0 fully saturated rings. The van der Waals surface area contributed by atoms with E-state index in [1.807, 2.05) is 31.2 Å². The van der Waals surface area contributed by atoms with Crippen molar-refractivity contribution in [2.45, 2.75) is 25.2 Å². The van der Waals surface area contributed by atoms with Gasteiger partial charge in [0, 0.05) is 12.6 Å². The van der Waals surface area contributed by atoms with Crippen molar-refractivity contribution < 1.29 is 17.9 Å². The summed E-state index contributed by atoms with van der Waals surface area (Å²) < 4.78 is 33.1. The second kappa shape index (κ2) is 6.85. The molecule has 1 amide bonds. The van der Waals surface area contributed by atoms with Gasteiger partial charge in [0.2, 0.25) is 10.0 Å². The Bertz CT molecular complexity index is 905. The van der Waals surface area contributed by atoms with Crippen molar-refractivity contribution in [2.24, 2.45) is 0 Å². The number of nitrogens with one attached hydrogen (secondary N) is 2. The van der Waals surface area contributed by atoms with Gasteiger partial charge in [-0.05, 0) is 37.5 Å². The highest BCUT2D eigenvalue weighted by Crippen LogP contribution is 2.32. The number of benzene rings is 2. The highest BCUT2D eigenvalue weighted by molar-refractivity contribution is 7.89. The number of rotatable bonds is 5. The highest BCUT2D eigenvalue weighted by atomic mass is 32.2. The fourth-order valence-electron chi connectivity index (χ4n) is 2.67. The van der Waals surface area contributed by atoms with Gasteiger partial charge in [0.1, 0.15) is 5.75 Å². The number of anilines is 1. The first-order valence-corrected chi connectivity index (χ1v) is 9.46. The van der Waals surface area contributed by atoms with Gasteiger partial charge in [0.15, 0.2) is 6.61 Å². The standard InChI is InChI=1S/C18H20N2O4S/c1-12-3-5-14(6-4-12)7-8-19-25(22,23)17-10-16-15(9-13(17)2)20-18(21)11-24-16/h3-6,9-10,19H,7-8,11H2,1-2H3,(H,20,21). The molecule has 0 spiro atoms. The maximum absolute atomic E-state index is 12.6. The number of amides is 1. The third-order valence-corrected chi connectivity index (χ3v) is 5.63. The Morgan fingerprint density at radius 2 is 1.88 bits per heavy atom. The summed E-state index contributed by atoms with van der Waals surface area (Å²) in [6, 6.07) is 11.1. The van der Waals surface area contributed by atoms with Crippen LogP contribution < -0.4 is 14.8 Å². The van der Waals surface area contributed by atoms with Gasteiger partial charge in [0.25, 0.3) is 5.91 Å². The van der Waals surface area contributed by atoms with E-state index in [0.29, 0.717) is 30.0 Å². The first-order chi connectivity index (χ1) is 11.8. The number of aryl methyl sites for hydroxylation is 2. The summed E-state index contributed by atoms with van der Waals surface area (Å²) in [7, 11) is -3.66. The van der Waals surface area contributed by atoms with Crippen LogP contribution in [0.25, 0.3) is 0 Å². The van der Waals surface area contributed by atoms with Gasteiger partial charge >= 0.3 is 0 Å². The minimum atomic E-state index is -3.66. The van der Waals surface area contributed by atoms with Crippen LogP contribution >= 0.6 is 0 Å². The van der Waals surface area contributed by atoms with Crippen molar-refractivity contribution in [1.82, 2.24) is 4.72 Å². The lowest BCUT2D eigenvalue weighted by Gasteiger charge is -2.20. The van der Waals surface area contributed by atoms with E-state index in [2.05, 4.69) is 10.0 Å². The van der Waals surface area contributed by atoms with Gasteiger partial charge in [-0.15, -0.1) is 0 Å². The molecule has 0 radical (unpaired) electrons. The normalized spacial score (nSPS) is 13.8. The molecule has 0 aromatic heterocycles. The lowest BCUT2D eigenvalue weighted by atomic mass is 10.1. The number of fused-ring (bicyclic) bond motifs is 1. The van der Waals surface area contributed by atoms with Crippen molar-refractivity contribution in [2.75, 3.05) is 18.5 Å². The van der Waals surface area contributed by atoms with E-state index < -0.39 is 10.0 Å². The van der Waals surface area contributed by atoms with E-state index in [0.717, 1.165) is 5.56 Å². The lowest BCUT2D eigenvalue weighted by Crippen LogP contribution is -2.28. The number of sulfonamides is 1. The topological polar surface area (TPSA) is 84.5 Å². The zero-order valence-corrected chi connectivity index (χ0v) is 14.9. The summed E-state index contributed by atoms with van der Waals surface area (Å²) >= 11 is 0. The van der Waals surface area contributed by atoms with Gasteiger partial charge in [-0.3, -0.25) is 4.79 Å². The molecule has 25 heavy (non-hydrogen) atoms. The molecule has 0 unspecified atom stereocenters. The summed E-state index contributed by atoms with van der Waals surface area (Å²) in [5, 5.41) is 2.67. The zero-order chi connectivity index (χ0) is 18.0. The van der Waals surface area contributed by atoms with E-state index in [1.54, 1.807) is 13.0 Å². The molecule has 6 nitrogen and oxygen atoms in total.